The van der Waals surface area contributed by atoms with Gasteiger partial charge in [-0.15, -0.1) is 11.7 Å². The Hall–Kier alpha value is -3.56. The van der Waals surface area contributed by atoms with Crippen LogP contribution in [0.1, 0.15) is 0 Å². The van der Waals surface area contributed by atoms with Gasteiger partial charge in [0.2, 0.25) is 16.0 Å². The topological polar surface area (TPSA) is 57.0 Å². The molecule has 0 atom stereocenters. The highest BCUT2D eigenvalue weighted by molar-refractivity contribution is 7.20. The fourth-order valence-electron chi connectivity index (χ4n) is 4.04. The number of halogens is 1. The van der Waals surface area contributed by atoms with Crippen LogP contribution in [0.5, 0.6) is 0 Å². The molecule has 7 nitrogen and oxygen atoms in total. The summed E-state index contributed by atoms with van der Waals surface area (Å²) in [5, 5.41) is 5.61. The minimum absolute atomic E-state index is 0.0700. The van der Waals surface area contributed by atoms with E-state index in [0.717, 1.165) is 53.2 Å². The standard InChI is InChI=1S/C25H25FN6OS/c1-2-12-31(21-6-4-3-5-7-21)23(33)18-29-13-15-30(16-14-29)25-28-32-17-22(27-24(32)34-25)19-8-10-20(26)11-9-19/h2-11,17H,1,12-16,18H2. The van der Waals surface area contributed by atoms with Crippen LogP contribution in [0, 0.1) is 5.82 Å². The van der Waals surface area contributed by atoms with Gasteiger partial charge in [-0.1, -0.05) is 35.6 Å². The van der Waals surface area contributed by atoms with Gasteiger partial charge >= 0.3 is 0 Å². The van der Waals surface area contributed by atoms with E-state index in [0.29, 0.717) is 13.1 Å². The zero-order chi connectivity index (χ0) is 23.5. The lowest BCUT2D eigenvalue weighted by molar-refractivity contribution is -0.119. The summed E-state index contributed by atoms with van der Waals surface area (Å²) in [6.45, 7) is 7.81. The van der Waals surface area contributed by atoms with E-state index in [1.807, 2.05) is 36.5 Å². The smallest absolute Gasteiger partial charge is 0.241 e. The number of para-hydroxylation sites is 1. The molecule has 3 heterocycles. The number of amides is 1. The van der Waals surface area contributed by atoms with Crippen molar-refractivity contribution in [3.05, 3.63) is 79.3 Å². The molecule has 9 heteroatoms. The van der Waals surface area contributed by atoms with Crippen molar-refractivity contribution in [2.24, 2.45) is 0 Å². The van der Waals surface area contributed by atoms with Gasteiger partial charge in [0, 0.05) is 44.0 Å². The molecule has 0 radical (unpaired) electrons. The Morgan fingerprint density at radius 1 is 1.09 bits per heavy atom. The Labute approximate surface area is 201 Å². The average molecular weight is 477 g/mol. The molecule has 174 valence electrons. The monoisotopic (exact) mass is 476 g/mol. The third kappa shape index (κ3) is 4.71. The van der Waals surface area contributed by atoms with Crippen LogP contribution in [0.4, 0.5) is 15.2 Å². The number of piperazine rings is 1. The van der Waals surface area contributed by atoms with Gasteiger partial charge in [0.15, 0.2) is 0 Å². The van der Waals surface area contributed by atoms with E-state index < -0.39 is 0 Å². The maximum absolute atomic E-state index is 13.2. The van der Waals surface area contributed by atoms with Crippen LogP contribution in [-0.4, -0.2) is 64.7 Å². The lowest BCUT2D eigenvalue weighted by Crippen LogP contribution is -2.50. The number of benzene rings is 2. The molecule has 34 heavy (non-hydrogen) atoms. The van der Waals surface area contributed by atoms with Crippen LogP contribution in [0.3, 0.4) is 0 Å². The van der Waals surface area contributed by atoms with Crippen molar-refractivity contribution in [2.45, 2.75) is 0 Å². The van der Waals surface area contributed by atoms with Gasteiger partial charge in [-0.2, -0.15) is 0 Å². The molecule has 2 aromatic heterocycles. The molecule has 0 spiro atoms. The number of carbonyl (C=O) groups excluding carboxylic acids is 1. The van der Waals surface area contributed by atoms with Crippen molar-refractivity contribution < 1.29 is 9.18 Å². The molecule has 5 rings (SSSR count). The minimum atomic E-state index is -0.264. The van der Waals surface area contributed by atoms with Gasteiger partial charge < -0.3 is 9.80 Å². The molecule has 4 aromatic rings. The fraction of sp³-hybridized carbons (Fsp3) is 0.240. The summed E-state index contributed by atoms with van der Waals surface area (Å²) in [5.41, 5.74) is 2.52. The molecular formula is C25H25FN6OS. The summed E-state index contributed by atoms with van der Waals surface area (Å²) in [6, 6.07) is 16.0. The molecule has 0 aliphatic carbocycles. The number of hydrogen-bond donors (Lipinski definition) is 0. The number of hydrogen-bond acceptors (Lipinski definition) is 6. The molecule has 1 aliphatic rings. The molecule has 0 N–H and O–H groups in total. The molecule has 2 aromatic carbocycles. The second kappa shape index (κ2) is 9.74. The second-order valence-electron chi connectivity index (χ2n) is 8.14. The van der Waals surface area contributed by atoms with Crippen LogP contribution >= 0.6 is 11.3 Å². The van der Waals surface area contributed by atoms with E-state index in [4.69, 9.17) is 5.10 Å². The number of anilines is 2. The van der Waals surface area contributed by atoms with Crippen molar-refractivity contribution in [2.75, 3.05) is 49.1 Å². The van der Waals surface area contributed by atoms with E-state index >= 15 is 0 Å². The first-order valence-electron chi connectivity index (χ1n) is 11.2. The summed E-state index contributed by atoms with van der Waals surface area (Å²) >= 11 is 1.53. The van der Waals surface area contributed by atoms with Crippen LogP contribution < -0.4 is 9.80 Å². The van der Waals surface area contributed by atoms with Crippen LogP contribution in [0.2, 0.25) is 0 Å². The first-order valence-corrected chi connectivity index (χ1v) is 12.0. The highest BCUT2D eigenvalue weighted by Gasteiger charge is 2.24. The number of aromatic nitrogens is 3. The van der Waals surface area contributed by atoms with Gasteiger partial charge in [0.05, 0.1) is 18.4 Å². The predicted octanol–water partition coefficient (Wildman–Crippen LogP) is 3.94. The van der Waals surface area contributed by atoms with Gasteiger partial charge in [0.1, 0.15) is 5.82 Å². The third-order valence-corrected chi connectivity index (χ3v) is 6.84. The Balaban J connectivity index is 1.20. The van der Waals surface area contributed by atoms with Crippen LogP contribution in [-0.2, 0) is 4.79 Å². The Morgan fingerprint density at radius 2 is 1.82 bits per heavy atom. The first kappa shape index (κ1) is 22.2. The van der Waals surface area contributed by atoms with Crippen molar-refractivity contribution in [3.63, 3.8) is 0 Å². The zero-order valence-corrected chi connectivity index (χ0v) is 19.5. The summed E-state index contributed by atoms with van der Waals surface area (Å²) < 4.78 is 15.0. The van der Waals surface area contributed by atoms with E-state index in [1.54, 1.807) is 27.6 Å². The van der Waals surface area contributed by atoms with E-state index in [1.165, 1.54) is 23.5 Å². The first-order chi connectivity index (χ1) is 16.6. The molecule has 1 aliphatic heterocycles. The minimum Gasteiger partial charge on any atom is -0.344 e. The molecule has 0 saturated carbocycles. The second-order valence-corrected chi connectivity index (χ2v) is 9.07. The zero-order valence-electron chi connectivity index (χ0n) is 18.7. The SMILES string of the molecule is C=CCN(C(=O)CN1CCN(c2nn3cc(-c4ccc(F)cc4)nc3s2)CC1)c1ccccc1. The normalized spacial score (nSPS) is 14.4. The number of carbonyl (C=O) groups is 1. The van der Waals surface area contributed by atoms with Crippen molar-refractivity contribution in [1.82, 2.24) is 19.5 Å². The molecule has 0 unspecified atom stereocenters. The van der Waals surface area contributed by atoms with Gasteiger partial charge in [-0.3, -0.25) is 9.69 Å². The summed E-state index contributed by atoms with van der Waals surface area (Å²) in [4.78, 5) is 24.6. The van der Waals surface area contributed by atoms with Crippen LogP contribution in [0.25, 0.3) is 16.2 Å². The van der Waals surface area contributed by atoms with E-state index in [9.17, 15) is 9.18 Å². The Kier molecular flexibility index (Phi) is 6.37. The maximum Gasteiger partial charge on any atom is 0.241 e. The largest absolute Gasteiger partial charge is 0.344 e. The average Bonchev–Trinajstić information content (AvgIpc) is 3.44. The van der Waals surface area contributed by atoms with E-state index in [2.05, 4.69) is 21.4 Å². The molecule has 1 saturated heterocycles. The van der Waals surface area contributed by atoms with Crippen molar-refractivity contribution >= 4 is 33.0 Å². The number of rotatable bonds is 7. The highest BCUT2D eigenvalue weighted by atomic mass is 32.1. The summed E-state index contributed by atoms with van der Waals surface area (Å²) in [7, 11) is 0. The van der Waals surface area contributed by atoms with E-state index in [-0.39, 0.29) is 11.7 Å². The van der Waals surface area contributed by atoms with Crippen LogP contribution in [0.15, 0.2) is 73.4 Å². The van der Waals surface area contributed by atoms with Gasteiger partial charge in [0.25, 0.3) is 0 Å². The van der Waals surface area contributed by atoms with Gasteiger partial charge in [-0.25, -0.2) is 13.9 Å². The lowest BCUT2D eigenvalue weighted by Gasteiger charge is -2.35. The number of imidazole rings is 1. The summed E-state index contributed by atoms with van der Waals surface area (Å²) in [5.74, 6) is -0.194. The molecular weight excluding hydrogens is 451 g/mol. The third-order valence-electron chi connectivity index (χ3n) is 5.85. The molecule has 0 bridgehead atoms. The fourth-order valence-corrected chi connectivity index (χ4v) is 4.97. The molecule has 1 amide bonds. The van der Waals surface area contributed by atoms with Gasteiger partial charge in [-0.05, 0) is 36.4 Å². The van der Waals surface area contributed by atoms with Crippen molar-refractivity contribution in [3.8, 4) is 11.3 Å². The molecule has 1 fully saturated rings. The number of fused-ring (bicyclic) bond motifs is 1. The van der Waals surface area contributed by atoms with Crippen molar-refractivity contribution in [1.29, 1.82) is 0 Å². The summed E-state index contributed by atoms with van der Waals surface area (Å²) in [6.07, 6.45) is 3.62. The maximum atomic E-state index is 13.2. The Bertz CT molecular complexity index is 1250. The number of nitrogens with zero attached hydrogens (tertiary/aromatic N) is 6. The highest BCUT2D eigenvalue weighted by Crippen LogP contribution is 2.27. The predicted molar refractivity (Wildman–Crippen MR) is 134 cm³/mol. The Morgan fingerprint density at radius 3 is 2.50 bits per heavy atom. The lowest BCUT2D eigenvalue weighted by atomic mass is 10.2. The quantitative estimate of drug-likeness (QED) is 0.378.